The van der Waals surface area contributed by atoms with Crippen molar-refractivity contribution in [2.45, 2.75) is 25.3 Å². The molecule has 3 rings (SSSR count). The van der Waals surface area contributed by atoms with Crippen LogP contribution in [0.1, 0.15) is 19.3 Å². The Bertz CT molecular complexity index is 584. The Morgan fingerprint density at radius 3 is 2.76 bits per heavy atom. The lowest BCUT2D eigenvalue weighted by atomic mass is 9.79. The van der Waals surface area contributed by atoms with Crippen molar-refractivity contribution in [3.8, 4) is 0 Å². The van der Waals surface area contributed by atoms with Gasteiger partial charge in [0.1, 0.15) is 11.5 Å². The summed E-state index contributed by atoms with van der Waals surface area (Å²) in [6.45, 7) is 1.47. The zero-order valence-corrected chi connectivity index (χ0v) is 12.2. The minimum Gasteiger partial charge on any atom is -0.365 e. The largest absolute Gasteiger partial charge is 0.365 e. The second-order valence-corrected chi connectivity index (χ2v) is 6.42. The molecule has 1 aromatic rings. The van der Waals surface area contributed by atoms with Gasteiger partial charge in [0.2, 0.25) is 0 Å². The number of nitro groups is 1. The SMILES string of the molecule is NC1CC[C@@H]2CN(c3cc(Cl)c(F)cc3[N+](=O)[O-])C[C@@H]2C1. The summed E-state index contributed by atoms with van der Waals surface area (Å²) in [5.74, 6) is 0.205. The van der Waals surface area contributed by atoms with Gasteiger partial charge in [-0.3, -0.25) is 10.1 Å². The highest BCUT2D eigenvalue weighted by atomic mass is 35.5. The molecular formula is C14H17ClFN3O2. The smallest absolute Gasteiger partial charge is 0.295 e. The van der Waals surface area contributed by atoms with Crippen molar-refractivity contribution in [2.75, 3.05) is 18.0 Å². The van der Waals surface area contributed by atoms with Crippen LogP contribution in [0.4, 0.5) is 15.8 Å². The van der Waals surface area contributed by atoms with Crippen LogP contribution in [0, 0.1) is 27.8 Å². The molecule has 1 aromatic carbocycles. The first-order valence-electron chi connectivity index (χ1n) is 7.09. The average Bonchev–Trinajstić information content (AvgIpc) is 2.83. The number of hydrogen-bond donors (Lipinski definition) is 1. The summed E-state index contributed by atoms with van der Waals surface area (Å²) in [5.41, 5.74) is 6.19. The van der Waals surface area contributed by atoms with E-state index in [-0.39, 0.29) is 16.8 Å². The Balaban J connectivity index is 1.91. The number of hydrogen-bond acceptors (Lipinski definition) is 4. The van der Waals surface area contributed by atoms with Gasteiger partial charge < -0.3 is 10.6 Å². The van der Waals surface area contributed by atoms with Gasteiger partial charge in [-0.1, -0.05) is 11.6 Å². The molecule has 5 nitrogen and oxygen atoms in total. The molecule has 21 heavy (non-hydrogen) atoms. The molecule has 1 unspecified atom stereocenters. The van der Waals surface area contributed by atoms with Crippen molar-refractivity contribution in [3.05, 3.63) is 33.1 Å². The number of nitrogens with two attached hydrogens (primary N) is 1. The molecule has 0 amide bonds. The van der Waals surface area contributed by atoms with Crippen LogP contribution < -0.4 is 10.6 Å². The number of nitro benzene ring substituents is 1. The monoisotopic (exact) mass is 313 g/mol. The first-order chi connectivity index (χ1) is 9.95. The lowest BCUT2D eigenvalue weighted by Gasteiger charge is -2.27. The molecule has 0 aromatic heterocycles. The van der Waals surface area contributed by atoms with Crippen LogP contribution in [0.5, 0.6) is 0 Å². The van der Waals surface area contributed by atoms with Crippen LogP contribution in [0.2, 0.25) is 5.02 Å². The maximum Gasteiger partial charge on any atom is 0.295 e. The first-order valence-corrected chi connectivity index (χ1v) is 7.47. The Labute approximate surface area is 127 Å². The van der Waals surface area contributed by atoms with Crippen LogP contribution in [0.3, 0.4) is 0 Å². The van der Waals surface area contributed by atoms with Crippen LogP contribution in [-0.2, 0) is 0 Å². The second kappa shape index (κ2) is 5.42. The second-order valence-electron chi connectivity index (χ2n) is 6.01. The van der Waals surface area contributed by atoms with Gasteiger partial charge in [0.15, 0.2) is 0 Å². The molecule has 2 aliphatic rings. The van der Waals surface area contributed by atoms with Crippen molar-refractivity contribution in [1.82, 2.24) is 0 Å². The molecule has 0 spiro atoms. The maximum absolute atomic E-state index is 13.5. The van der Waals surface area contributed by atoms with Gasteiger partial charge in [-0.2, -0.15) is 0 Å². The highest BCUT2D eigenvalue weighted by molar-refractivity contribution is 6.31. The van der Waals surface area contributed by atoms with Gasteiger partial charge in [-0.15, -0.1) is 0 Å². The summed E-state index contributed by atoms with van der Waals surface area (Å²) in [5, 5.41) is 11.1. The molecule has 2 fully saturated rings. The Morgan fingerprint density at radius 2 is 2.05 bits per heavy atom. The van der Waals surface area contributed by atoms with Crippen molar-refractivity contribution >= 4 is 23.0 Å². The lowest BCUT2D eigenvalue weighted by molar-refractivity contribution is -0.384. The van der Waals surface area contributed by atoms with Crippen molar-refractivity contribution in [2.24, 2.45) is 17.6 Å². The minimum atomic E-state index is -0.759. The summed E-state index contributed by atoms with van der Waals surface area (Å²) in [4.78, 5) is 12.6. The molecule has 2 N–H and O–H groups in total. The predicted molar refractivity (Wildman–Crippen MR) is 79.1 cm³/mol. The van der Waals surface area contributed by atoms with E-state index in [2.05, 4.69) is 0 Å². The normalized spacial score (nSPS) is 28.5. The molecule has 7 heteroatoms. The molecule has 1 heterocycles. The molecule has 1 saturated heterocycles. The third-order valence-corrected chi connectivity index (χ3v) is 4.93. The molecule has 3 atom stereocenters. The van der Waals surface area contributed by atoms with Crippen LogP contribution >= 0.6 is 11.6 Å². The van der Waals surface area contributed by atoms with Crippen LogP contribution in [-0.4, -0.2) is 24.1 Å². The van der Waals surface area contributed by atoms with Crippen molar-refractivity contribution < 1.29 is 9.31 Å². The van der Waals surface area contributed by atoms with E-state index < -0.39 is 10.7 Å². The van der Waals surface area contributed by atoms with Gasteiger partial charge >= 0.3 is 0 Å². The van der Waals surface area contributed by atoms with E-state index in [0.29, 0.717) is 17.5 Å². The predicted octanol–water partition coefficient (Wildman–Crippen LogP) is 2.95. The molecule has 1 aliphatic carbocycles. The minimum absolute atomic E-state index is 0.0813. The molecule has 114 valence electrons. The van der Waals surface area contributed by atoms with Crippen LogP contribution in [0.25, 0.3) is 0 Å². The fourth-order valence-electron chi connectivity index (χ4n) is 3.59. The van der Waals surface area contributed by atoms with Crippen molar-refractivity contribution in [1.29, 1.82) is 0 Å². The number of halogens is 2. The fraction of sp³-hybridized carbons (Fsp3) is 0.571. The standard InChI is InChI=1S/C14H17ClFN3O2/c15-11-4-13(14(19(20)21)5-12(11)16)18-6-8-1-2-10(17)3-9(8)7-18/h4-5,8-10H,1-3,6-7,17H2/t8-,9+,10?/m1/s1. The maximum atomic E-state index is 13.5. The Hall–Kier alpha value is -1.40. The average molecular weight is 314 g/mol. The molecule has 1 saturated carbocycles. The van der Waals surface area contributed by atoms with Crippen LogP contribution in [0.15, 0.2) is 12.1 Å². The molecule has 0 radical (unpaired) electrons. The zero-order valence-electron chi connectivity index (χ0n) is 11.5. The van der Waals surface area contributed by atoms with E-state index >= 15 is 0 Å². The number of benzene rings is 1. The number of fused-ring (bicyclic) bond motifs is 1. The van der Waals surface area contributed by atoms with E-state index in [9.17, 15) is 14.5 Å². The third-order valence-electron chi connectivity index (χ3n) is 4.65. The molecule has 1 aliphatic heterocycles. The highest BCUT2D eigenvalue weighted by Crippen LogP contribution is 2.41. The van der Waals surface area contributed by atoms with Gasteiger partial charge in [0.25, 0.3) is 5.69 Å². The summed E-state index contributed by atoms with van der Waals surface area (Å²) in [7, 11) is 0. The fourth-order valence-corrected chi connectivity index (χ4v) is 3.75. The van der Waals surface area contributed by atoms with E-state index in [0.717, 1.165) is 38.4 Å². The Morgan fingerprint density at radius 1 is 1.33 bits per heavy atom. The summed E-state index contributed by atoms with van der Waals surface area (Å²) < 4.78 is 13.5. The topological polar surface area (TPSA) is 72.4 Å². The van der Waals surface area contributed by atoms with E-state index in [1.165, 1.54) is 6.07 Å². The lowest BCUT2D eigenvalue weighted by Crippen LogP contribution is -2.32. The van der Waals surface area contributed by atoms with Gasteiger partial charge in [0.05, 0.1) is 16.0 Å². The number of nitrogens with zero attached hydrogens (tertiary/aromatic N) is 2. The summed E-state index contributed by atoms with van der Waals surface area (Å²) in [6, 6.07) is 2.50. The van der Waals surface area contributed by atoms with Crippen molar-refractivity contribution in [3.63, 3.8) is 0 Å². The van der Waals surface area contributed by atoms with E-state index in [1.807, 2.05) is 4.90 Å². The quantitative estimate of drug-likeness (QED) is 0.673. The molecular weight excluding hydrogens is 297 g/mol. The number of anilines is 1. The summed E-state index contributed by atoms with van der Waals surface area (Å²) in [6.07, 6.45) is 3.00. The number of rotatable bonds is 2. The molecule has 0 bridgehead atoms. The third kappa shape index (κ3) is 2.70. The zero-order chi connectivity index (χ0) is 15.1. The van der Waals surface area contributed by atoms with Gasteiger partial charge in [-0.05, 0) is 37.2 Å². The van der Waals surface area contributed by atoms with E-state index in [1.54, 1.807) is 0 Å². The Kier molecular flexibility index (Phi) is 3.75. The van der Waals surface area contributed by atoms with E-state index in [4.69, 9.17) is 17.3 Å². The summed E-state index contributed by atoms with van der Waals surface area (Å²) >= 11 is 5.80. The van der Waals surface area contributed by atoms with Gasteiger partial charge in [-0.25, -0.2) is 4.39 Å². The highest BCUT2D eigenvalue weighted by Gasteiger charge is 2.38. The van der Waals surface area contributed by atoms with Gasteiger partial charge in [0, 0.05) is 19.1 Å². The first kappa shape index (κ1) is 14.5.